The molecule has 1 aromatic carbocycles. The van der Waals surface area contributed by atoms with Crippen LogP contribution in [0.3, 0.4) is 0 Å². The Hall–Kier alpha value is -1.27. The maximum atomic E-state index is 12.3. The number of hydrogen-bond acceptors (Lipinski definition) is 3. The summed E-state index contributed by atoms with van der Waals surface area (Å²) < 4.78 is 51.7. The highest BCUT2D eigenvalue weighted by atomic mass is 19.4. The number of halogens is 3. The predicted octanol–water partition coefficient (Wildman–Crippen LogP) is 2.70. The van der Waals surface area contributed by atoms with Crippen LogP contribution in [0.1, 0.15) is 5.56 Å². The zero-order valence-corrected chi connectivity index (χ0v) is 9.45. The second-order valence-electron chi connectivity index (χ2n) is 3.23. The minimum absolute atomic E-state index is 0.109. The zero-order valence-electron chi connectivity index (χ0n) is 9.45. The van der Waals surface area contributed by atoms with Gasteiger partial charge in [-0.1, -0.05) is 0 Å². The van der Waals surface area contributed by atoms with Gasteiger partial charge in [0.25, 0.3) is 0 Å². The fourth-order valence-electron chi connectivity index (χ4n) is 1.14. The van der Waals surface area contributed by atoms with Crippen LogP contribution in [0.15, 0.2) is 24.3 Å². The van der Waals surface area contributed by atoms with Crippen LogP contribution < -0.4 is 4.74 Å². The third-order valence-corrected chi connectivity index (χ3v) is 2.09. The molecule has 0 aliphatic heterocycles. The van der Waals surface area contributed by atoms with Crippen molar-refractivity contribution in [3.63, 3.8) is 0 Å². The smallest absolute Gasteiger partial charge is 0.416 e. The molecule has 6 heteroatoms. The van der Waals surface area contributed by atoms with Crippen LogP contribution in [0.2, 0.25) is 0 Å². The summed E-state index contributed by atoms with van der Waals surface area (Å²) in [4.78, 5) is 0. The molecular formula is C11H13F3O3. The highest BCUT2D eigenvalue weighted by Crippen LogP contribution is 2.30. The van der Waals surface area contributed by atoms with Gasteiger partial charge in [0, 0.05) is 14.2 Å². The van der Waals surface area contributed by atoms with Crippen LogP contribution >= 0.6 is 0 Å². The van der Waals surface area contributed by atoms with Gasteiger partial charge in [0.05, 0.1) is 5.56 Å². The fraction of sp³-hybridized carbons (Fsp3) is 0.455. The van der Waals surface area contributed by atoms with Gasteiger partial charge in [-0.2, -0.15) is 13.2 Å². The topological polar surface area (TPSA) is 27.7 Å². The first kappa shape index (κ1) is 13.8. The summed E-state index contributed by atoms with van der Waals surface area (Å²) in [7, 11) is 2.90. The predicted molar refractivity (Wildman–Crippen MR) is 54.7 cm³/mol. The Morgan fingerprint density at radius 1 is 1.06 bits per heavy atom. The summed E-state index contributed by atoms with van der Waals surface area (Å²) in [6.45, 7) is 0.109. The van der Waals surface area contributed by atoms with Gasteiger partial charge < -0.3 is 14.2 Å². The molecule has 0 amide bonds. The molecule has 0 saturated heterocycles. The van der Waals surface area contributed by atoms with Crippen LogP contribution in [0.5, 0.6) is 5.75 Å². The van der Waals surface area contributed by atoms with E-state index in [9.17, 15) is 13.2 Å². The molecule has 0 aliphatic rings. The summed E-state index contributed by atoms with van der Waals surface area (Å²) in [5.41, 5.74) is -0.708. The van der Waals surface area contributed by atoms with Crippen LogP contribution in [0, 0.1) is 0 Å². The van der Waals surface area contributed by atoms with Gasteiger partial charge in [-0.25, -0.2) is 0 Å². The average Bonchev–Trinajstić information content (AvgIpc) is 2.30. The van der Waals surface area contributed by atoms with Crippen molar-refractivity contribution in [3.05, 3.63) is 29.8 Å². The van der Waals surface area contributed by atoms with Gasteiger partial charge in [-0.3, -0.25) is 0 Å². The number of alkyl halides is 3. The molecule has 0 saturated carbocycles. The Morgan fingerprint density at radius 3 is 2.00 bits per heavy atom. The van der Waals surface area contributed by atoms with E-state index < -0.39 is 18.0 Å². The third-order valence-electron chi connectivity index (χ3n) is 2.09. The van der Waals surface area contributed by atoms with Gasteiger partial charge in [-0.05, 0) is 24.3 Å². The molecule has 0 aromatic heterocycles. The summed E-state index contributed by atoms with van der Waals surface area (Å²) in [6.07, 6.45) is -4.88. The van der Waals surface area contributed by atoms with E-state index in [1.54, 1.807) is 0 Å². The van der Waals surface area contributed by atoms with Crippen LogP contribution in [0.4, 0.5) is 13.2 Å². The Bertz CT molecular complexity index is 331. The van der Waals surface area contributed by atoms with E-state index in [1.807, 2.05) is 0 Å². The Labute approximate surface area is 97.1 Å². The highest BCUT2D eigenvalue weighted by molar-refractivity contribution is 5.28. The van der Waals surface area contributed by atoms with Crippen LogP contribution in [-0.4, -0.2) is 27.1 Å². The van der Waals surface area contributed by atoms with Gasteiger partial charge in [0.2, 0.25) is 0 Å². The lowest BCUT2D eigenvalue weighted by Gasteiger charge is -2.14. The number of methoxy groups -OCH3 is 2. The van der Waals surface area contributed by atoms with Gasteiger partial charge >= 0.3 is 6.18 Å². The van der Waals surface area contributed by atoms with E-state index in [1.165, 1.54) is 26.4 Å². The molecule has 1 aromatic rings. The summed E-state index contributed by atoms with van der Waals surface area (Å²) in [5, 5.41) is 0. The number of hydrogen-bond donors (Lipinski definition) is 0. The molecule has 0 N–H and O–H groups in total. The van der Waals surface area contributed by atoms with E-state index in [0.717, 1.165) is 12.1 Å². The Balaban J connectivity index is 2.57. The second kappa shape index (κ2) is 5.88. The molecule has 0 unspecified atom stereocenters. The summed E-state index contributed by atoms with van der Waals surface area (Å²) >= 11 is 0. The van der Waals surface area contributed by atoms with Crippen LogP contribution in [0.25, 0.3) is 0 Å². The fourth-order valence-corrected chi connectivity index (χ4v) is 1.14. The monoisotopic (exact) mass is 250 g/mol. The maximum absolute atomic E-state index is 12.3. The summed E-state index contributed by atoms with van der Waals surface area (Å²) in [6, 6.07) is 4.43. The molecule has 0 bridgehead atoms. The molecule has 3 nitrogen and oxygen atoms in total. The van der Waals surface area contributed by atoms with Crippen LogP contribution in [-0.2, 0) is 15.7 Å². The van der Waals surface area contributed by atoms with Crippen molar-refractivity contribution in [2.75, 3.05) is 20.8 Å². The van der Waals surface area contributed by atoms with E-state index in [4.69, 9.17) is 14.2 Å². The van der Waals surface area contributed by atoms with Gasteiger partial charge in [0.1, 0.15) is 12.4 Å². The second-order valence-corrected chi connectivity index (χ2v) is 3.23. The van der Waals surface area contributed by atoms with Crippen molar-refractivity contribution in [1.29, 1.82) is 0 Å². The van der Waals surface area contributed by atoms with E-state index in [0.29, 0.717) is 5.75 Å². The molecule has 0 fully saturated rings. The lowest BCUT2D eigenvalue weighted by atomic mass is 10.2. The molecular weight excluding hydrogens is 237 g/mol. The molecule has 17 heavy (non-hydrogen) atoms. The van der Waals surface area contributed by atoms with Gasteiger partial charge in [0.15, 0.2) is 6.29 Å². The normalized spacial score (nSPS) is 11.9. The minimum Gasteiger partial charge on any atom is -0.488 e. The standard InChI is InChI=1S/C11H13F3O3/c1-15-10(16-2)7-17-9-5-3-8(4-6-9)11(12,13)14/h3-6,10H,7H2,1-2H3. The molecule has 0 heterocycles. The number of ether oxygens (including phenoxy) is 3. The zero-order chi connectivity index (χ0) is 12.9. The van der Waals surface area contributed by atoms with E-state index in [2.05, 4.69) is 0 Å². The van der Waals surface area contributed by atoms with Crippen molar-refractivity contribution in [3.8, 4) is 5.75 Å². The van der Waals surface area contributed by atoms with Crippen molar-refractivity contribution < 1.29 is 27.4 Å². The first-order valence-corrected chi connectivity index (χ1v) is 4.83. The molecule has 96 valence electrons. The number of benzene rings is 1. The maximum Gasteiger partial charge on any atom is 0.416 e. The lowest BCUT2D eigenvalue weighted by Crippen LogP contribution is -2.22. The molecule has 0 atom stereocenters. The quantitative estimate of drug-likeness (QED) is 0.752. The lowest BCUT2D eigenvalue weighted by molar-refractivity contribution is -0.137. The molecule has 0 radical (unpaired) electrons. The summed E-state index contributed by atoms with van der Waals surface area (Å²) in [5.74, 6) is 0.331. The van der Waals surface area contributed by atoms with Crippen molar-refractivity contribution in [2.24, 2.45) is 0 Å². The highest BCUT2D eigenvalue weighted by Gasteiger charge is 2.30. The first-order chi connectivity index (χ1) is 7.97. The van der Waals surface area contributed by atoms with Crippen molar-refractivity contribution in [2.45, 2.75) is 12.5 Å². The molecule has 0 spiro atoms. The SMILES string of the molecule is COC(COc1ccc(C(F)(F)F)cc1)OC. The third kappa shape index (κ3) is 4.24. The minimum atomic E-state index is -4.33. The Kier molecular flexibility index (Phi) is 4.77. The van der Waals surface area contributed by atoms with Crippen molar-refractivity contribution >= 4 is 0 Å². The van der Waals surface area contributed by atoms with Crippen molar-refractivity contribution in [1.82, 2.24) is 0 Å². The molecule has 0 aliphatic carbocycles. The first-order valence-electron chi connectivity index (χ1n) is 4.83. The largest absolute Gasteiger partial charge is 0.488 e. The van der Waals surface area contributed by atoms with E-state index in [-0.39, 0.29) is 6.61 Å². The van der Waals surface area contributed by atoms with Gasteiger partial charge in [-0.15, -0.1) is 0 Å². The Morgan fingerprint density at radius 2 is 1.59 bits per heavy atom. The molecule has 1 rings (SSSR count). The average molecular weight is 250 g/mol. The number of rotatable bonds is 5. The van der Waals surface area contributed by atoms with E-state index >= 15 is 0 Å².